The van der Waals surface area contributed by atoms with Crippen molar-refractivity contribution >= 4 is 50.5 Å². The number of amides is 1. The maximum absolute atomic E-state index is 12.7. The molecule has 2 rings (SSSR count). The third-order valence-electron chi connectivity index (χ3n) is 3.68. The van der Waals surface area contributed by atoms with E-state index in [2.05, 4.69) is 5.32 Å². The molecule has 9 heteroatoms. The predicted octanol–water partition coefficient (Wildman–Crippen LogP) is 4.19. The molecule has 146 valence electrons. The second-order valence-corrected chi connectivity index (χ2v) is 8.48. The molecule has 2 aromatic rings. The monoisotopic (exact) mass is 430 g/mol. The van der Waals surface area contributed by atoms with Gasteiger partial charge in [-0.3, -0.25) is 9.10 Å². The number of benzene rings is 2. The van der Waals surface area contributed by atoms with Crippen molar-refractivity contribution in [3.63, 3.8) is 0 Å². The second-order valence-electron chi connectivity index (χ2n) is 5.78. The molecule has 1 N–H and O–H groups in total. The zero-order valence-corrected chi connectivity index (χ0v) is 17.4. The first-order valence-electron chi connectivity index (χ1n) is 8.11. The number of carbonyl (C=O) groups is 1. The number of nitrogens with zero attached hydrogens (tertiary/aromatic N) is 1. The van der Waals surface area contributed by atoms with Crippen LogP contribution < -0.4 is 14.4 Å². The third-order valence-corrected chi connectivity index (χ3v) is 5.48. The van der Waals surface area contributed by atoms with Gasteiger partial charge in [0.2, 0.25) is 15.9 Å². The lowest BCUT2D eigenvalue weighted by molar-refractivity contribution is -0.116. The molecule has 0 bridgehead atoms. The van der Waals surface area contributed by atoms with E-state index in [1.54, 1.807) is 36.4 Å². The van der Waals surface area contributed by atoms with E-state index in [1.807, 2.05) is 6.92 Å². The molecule has 0 aliphatic carbocycles. The summed E-state index contributed by atoms with van der Waals surface area (Å²) in [5.74, 6) is 0.0657. The number of carbonyl (C=O) groups excluding carboxylic acids is 1. The van der Waals surface area contributed by atoms with E-state index in [0.717, 1.165) is 10.6 Å². The molecule has 1 unspecified atom stereocenters. The van der Waals surface area contributed by atoms with Gasteiger partial charge in [-0.05, 0) is 56.3 Å². The first-order valence-corrected chi connectivity index (χ1v) is 10.7. The largest absolute Gasteiger partial charge is 0.494 e. The summed E-state index contributed by atoms with van der Waals surface area (Å²) >= 11 is 12.0. The average Bonchev–Trinajstić information content (AvgIpc) is 2.59. The lowest BCUT2D eigenvalue weighted by Crippen LogP contribution is -2.45. The number of halogens is 2. The lowest BCUT2D eigenvalue weighted by atomic mass is 10.2. The van der Waals surface area contributed by atoms with Crippen LogP contribution in [0.4, 0.5) is 11.4 Å². The van der Waals surface area contributed by atoms with Gasteiger partial charge in [0.1, 0.15) is 11.8 Å². The van der Waals surface area contributed by atoms with Crippen LogP contribution in [0, 0.1) is 0 Å². The van der Waals surface area contributed by atoms with Crippen LogP contribution in [0.25, 0.3) is 0 Å². The molecule has 2 aromatic carbocycles. The van der Waals surface area contributed by atoms with Gasteiger partial charge in [-0.25, -0.2) is 8.42 Å². The highest BCUT2D eigenvalue weighted by atomic mass is 35.5. The zero-order valence-electron chi connectivity index (χ0n) is 15.1. The third kappa shape index (κ3) is 5.51. The first-order chi connectivity index (χ1) is 12.6. The van der Waals surface area contributed by atoms with Gasteiger partial charge in [0.05, 0.1) is 29.3 Å². The summed E-state index contributed by atoms with van der Waals surface area (Å²) in [5, 5.41) is 3.31. The Morgan fingerprint density at radius 3 is 2.37 bits per heavy atom. The molecular weight excluding hydrogens is 411 g/mol. The van der Waals surface area contributed by atoms with E-state index < -0.39 is 22.0 Å². The summed E-state index contributed by atoms with van der Waals surface area (Å²) in [7, 11) is -3.73. The smallest absolute Gasteiger partial charge is 0.248 e. The molecule has 1 amide bonds. The number of ether oxygens (including phenoxy) is 1. The van der Waals surface area contributed by atoms with Crippen molar-refractivity contribution in [1.29, 1.82) is 0 Å². The molecule has 0 radical (unpaired) electrons. The van der Waals surface area contributed by atoms with Gasteiger partial charge < -0.3 is 10.1 Å². The molecule has 0 saturated carbocycles. The van der Waals surface area contributed by atoms with Gasteiger partial charge in [0, 0.05) is 5.02 Å². The van der Waals surface area contributed by atoms with Crippen LogP contribution in [0.15, 0.2) is 42.5 Å². The molecule has 0 fully saturated rings. The Bertz CT molecular complexity index is 917. The van der Waals surface area contributed by atoms with Crippen LogP contribution in [0.1, 0.15) is 13.8 Å². The van der Waals surface area contributed by atoms with E-state index in [1.165, 1.54) is 13.0 Å². The molecule has 1 atom stereocenters. The Balaban J connectivity index is 2.30. The minimum Gasteiger partial charge on any atom is -0.494 e. The van der Waals surface area contributed by atoms with Crippen LogP contribution >= 0.6 is 23.2 Å². The topological polar surface area (TPSA) is 75.7 Å². The normalized spacial score (nSPS) is 12.3. The molecule has 0 spiro atoms. The van der Waals surface area contributed by atoms with Crippen LogP contribution in [-0.2, 0) is 14.8 Å². The number of sulfonamides is 1. The molecule has 0 aromatic heterocycles. The van der Waals surface area contributed by atoms with Crippen molar-refractivity contribution in [1.82, 2.24) is 0 Å². The molecule has 27 heavy (non-hydrogen) atoms. The highest BCUT2D eigenvalue weighted by Gasteiger charge is 2.29. The van der Waals surface area contributed by atoms with Crippen molar-refractivity contribution in [2.45, 2.75) is 19.9 Å². The van der Waals surface area contributed by atoms with Crippen LogP contribution in [0.3, 0.4) is 0 Å². The van der Waals surface area contributed by atoms with E-state index in [-0.39, 0.29) is 0 Å². The predicted molar refractivity (Wildman–Crippen MR) is 109 cm³/mol. The number of anilines is 2. The lowest BCUT2D eigenvalue weighted by Gasteiger charge is -2.28. The second kappa shape index (κ2) is 8.82. The Morgan fingerprint density at radius 1 is 1.19 bits per heavy atom. The van der Waals surface area contributed by atoms with Crippen molar-refractivity contribution in [2.75, 3.05) is 22.5 Å². The van der Waals surface area contributed by atoms with Gasteiger partial charge in [-0.2, -0.15) is 0 Å². The quantitative estimate of drug-likeness (QED) is 0.714. The maximum atomic E-state index is 12.7. The summed E-state index contributed by atoms with van der Waals surface area (Å²) in [6.07, 6.45) is 1.04. The Labute approximate surface area is 169 Å². The minimum absolute atomic E-state index is 0.298. The fourth-order valence-electron chi connectivity index (χ4n) is 2.50. The average molecular weight is 431 g/mol. The number of hydrogen-bond acceptors (Lipinski definition) is 4. The zero-order chi connectivity index (χ0) is 20.2. The van der Waals surface area contributed by atoms with Gasteiger partial charge in [-0.1, -0.05) is 23.2 Å². The van der Waals surface area contributed by atoms with Crippen LogP contribution in [-0.4, -0.2) is 33.2 Å². The van der Waals surface area contributed by atoms with E-state index in [9.17, 15) is 13.2 Å². The van der Waals surface area contributed by atoms with E-state index in [4.69, 9.17) is 27.9 Å². The summed E-state index contributed by atoms with van der Waals surface area (Å²) in [6, 6.07) is 10.1. The Morgan fingerprint density at radius 2 is 1.81 bits per heavy atom. The molecule has 0 aliphatic rings. The van der Waals surface area contributed by atoms with Gasteiger partial charge in [0.15, 0.2) is 0 Å². The van der Waals surface area contributed by atoms with Gasteiger partial charge in [0.25, 0.3) is 0 Å². The summed E-state index contributed by atoms with van der Waals surface area (Å²) in [5.41, 5.74) is 0.655. The van der Waals surface area contributed by atoms with E-state index >= 15 is 0 Å². The Hall–Kier alpha value is -1.96. The summed E-state index contributed by atoms with van der Waals surface area (Å²) in [4.78, 5) is 12.7. The standard InChI is InChI=1S/C18H20Cl2N2O4S/c1-4-26-15-8-6-14(7-9-15)22(27(3,24)25)12(2)18(23)21-17-11-13(19)5-10-16(17)20/h5-12H,4H2,1-3H3,(H,21,23). The highest BCUT2D eigenvalue weighted by Crippen LogP contribution is 2.27. The van der Waals surface area contributed by atoms with Gasteiger partial charge in [-0.15, -0.1) is 0 Å². The number of rotatable bonds is 7. The maximum Gasteiger partial charge on any atom is 0.248 e. The number of hydrogen-bond donors (Lipinski definition) is 1. The van der Waals surface area contributed by atoms with E-state index in [0.29, 0.717) is 33.8 Å². The first kappa shape index (κ1) is 21.3. The molecule has 0 aliphatic heterocycles. The van der Waals surface area contributed by atoms with Crippen molar-refractivity contribution in [3.8, 4) is 5.75 Å². The molecule has 6 nitrogen and oxygen atoms in total. The number of nitrogens with one attached hydrogen (secondary N) is 1. The molecule has 0 heterocycles. The summed E-state index contributed by atoms with van der Waals surface area (Å²) in [6.45, 7) is 3.84. The summed E-state index contributed by atoms with van der Waals surface area (Å²) < 4.78 is 31.1. The van der Waals surface area contributed by atoms with Crippen molar-refractivity contribution in [2.24, 2.45) is 0 Å². The SMILES string of the molecule is CCOc1ccc(N(C(C)C(=O)Nc2cc(Cl)ccc2Cl)S(C)(=O)=O)cc1. The fourth-order valence-corrected chi connectivity index (χ4v) is 4.01. The van der Waals surface area contributed by atoms with Gasteiger partial charge >= 0.3 is 0 Å². The van der Waals surface area contributed by atoms with Crippen LogP contribution in [0.2, 0.25) is 10.0 Å². The highest BCUT2D eigenvalue weighted by molar-refractivity contribution is 7.92. The van der Waals surface area contributed by atoms with Crippen molar-refractivity contribution < 1.29 is 17.9 Å². The Kier molecular flexibility index (Phi) is 6.97. The minimum atomic E-state index is -3.73. The molecular formula is C18H20Cl2N2O4S. The fraction of sp³-hybridized carbons (Fsp3) is 0.278. The molecule has 0 saturated heterocycles. The van der Waals surface area contributed by atoms with Crippen LogP contribution in [0.5, 0.6) is 5.75 Å². The van der Waals surface area contributed by atoms with Crippen molar-refractivity contribution in [3.05, 3.63) is 52.5 Å².